The van der Waals surface area contributed by atoms with E-state index in [0.29, 0.717) is 25.0 Å². The van der Waals surface area contributed by atoms with E-state index in [9.17, 15) is 4.79 Å². The van der Waals surface area contributed by atoms with Crippen molar-refractivity contribution in [1.29, 1.82) is 0 Å². The number of carbonyl (C=O) groups is 1. The van der Waals surface area contributed by atoms with Gasteiger partial charge in [0, 0.05) is 0 Å². The Hall–Kier alpha value is -0.870. The smallest absolute Gasteiger partial charge is 0.249 e. The molecule has 0 rings (SSSR count). The van der Waals surface area contributed by atoms with E-state index in [1.54, 1.807) is 0 Å². The Bertz CT molecular complexity index is 224. The molecule has 94 valence electrons. The van der Waals surface area contributed by atoms with Crippen LogP contribution in [-0.4, -0.2) is 25.4 Å². The highest BCUT2D eigenvalue weighted by molar-refractivity contribution is 5.91. The topological polar surface area (TPSA) is 61.6 Å². The van der Waals surface area contributed by atoms with Crippen molar-refractivity contribution < 1.29 is 14.3 Å². The summed E-state index contributed by atoms with van der Waals surface area (Å²) < 4.78 is 10.9. The van der Waals surface area contributed by atoms with Gasteiger partial charge in [-0.25, -0.2) is 0 Å². The molecule has 0 atom stereocenters. The molecule has 0 aromatic heterocycles. The van der Waals surface area contributed by atoms with E-state index in [1.807, 2.05) is 27.7 Å². The molecule has 0 saturated heterocycles. The summed E-state index contributed by atoms with van der Waals surface area (Å²) in [5.41, 5.74) is 5.32. The third-order valence-electron chi connectivity index (χ3n) is 1.76. The van der Waals surface area contributed by atoms with Crippen LogP contribution in [0.15, 0.2) is 12.2 Å². The van der Waals surface area contributed by atoms with Gasteiger partial charge in [-0.05, 0) is 11.8 Å². The first kappa shape index (κ1) is 15.1. The number of nitrogens with two attached hydrogens (primary N) is 1. The first-order chi connectivity index (χ1) is 7.34. The van der Waals surface area contributed by atoms with Gasteiger partial charge in [-0.3, -0.25) is 4.79 Å². The first-order valence-electron chi connectivity index (χ1n) is 5.56. The fraction of sp³-hybridized carbons (Fsp3) is 0.750. The van der Waals surface area contributed by atoms with Gasteiger partial charge in [0.2, 0.25) is 5.91 Å². The summed E-state index contributed by atoms with van der Waals surface area (Å²) in [5, 5.41) is 0. The Labute approximate surface area is 97.8 Å². The molecule has 16 heavy (non-hydrogen) atoms. The summed E-state index contributed by atoms with van der Waals surface area (Å²) in [4.78, 5) is 11.0. The normalized spacial score (nSPS) is 11.4. The fourth-order valence-electron chi connectivity index (χ4n) is 0.925. The molecule has 0 aliphatic carbocycles. The van der Waals surface area contributed by atoms with Crippen molar-refractivity contribution >= 4 is 5.91 Å². The van der Waals surface area contributed by atoms with Crippen LogP contribution in [0.25, 0.3) is 0 Å². The van der Waals surface area contributed by atoms with Gasteiger partial charge in [0.1, 0.15) is 0 Å². The summed E-state index contributed by atoms with van der Waals surface area (Å²) in [6, 6.07) is 0. The minimum Gasteiger partial charge on any atom is -0.366 e. The molecule has 1 amide bonds. The van der Waals surface area contributed by atoms with Crippen molar-refractivity contribution in [3.8, 4) is 0 Å². The molecule has 0 aromatic carbocycles. The van der Waals surface area contributed by atoms with Crippen molar-refractivity contribution in [2.75, 3.05) is 13.2 Å². The summed E-state index contributed by atoms with van der Waals surface area (Å²) >= 11 is 0. The molecule has 0 saturated carbocycles. The number of carbonyl (C=O) groups excluding carboxylic acids is 1. The molecule has 4 heteroatoms. The van der Waals surface area contributed by atoms with Gasteiger partial charge in [0.15, 0.2) is 6.29 Å². The Morgan fingerprint density at radius 2 is 1.50 bits per heavy atom. The number of hydrogen-bond donors (Lipinski definition) is 1. The highest BCUT2D eigenvalue weighted by atomic mass is 16.7. The lowest BCUT2D eigenvalue weighted by Gasteiger charge is -2.21. The van der Waals surface area contributed by atoms with Crippen LogP contribution >= 0.6 is 0 Å². The van der Waals surface area contributed by atoms with E-state index < -0.39 is 12.2 Å². The van der Waals surface area contributed by atoms with Crippen LogP contribution in [0.2, 0.25) is 0 Å². The lowest BCUT2D eigenvalue weighted by Crippen LogP contribution is -2.30. The molecule has 0 fully saturated rings. The van der Waals surface area contributed by atoms with Crippen LogP contribution in [0.4, 0.5) is 0 Å². The summed E-state index contributed by atoms with van der Waals surface area (Å²) in [5.74, 6) is 0.147. The van der Waals surface area contributed by atoms with Crippen molar-refractivity contribution in [3.05, 3.63) is 12.2 Å². The Morgan fingerprint density at radius 1 is 1.12 bits per heavy atom. The lowest BCUT2D eigenvalue weighted by atomic mass is 10.2. The van der Waals surface area contributed by atoms with E-state index in [1.165, 1.54) is 0 Å². The number of ether oxygens (including phenoxy) is 2. The van der Waals surface area contributed by atoms with E-state index in [0.717, 1.165) is 0 Å². The first-order valence-corrected chi connectivity index (χ1v) is 5.56. The minimum absolute atomic E-state index is 0.168. The second kappa shape index (κ2) is 7.41. The fourth-order valence-corrected chi connectivity index (χ4v) is 0.925. The predicted octanol–water partition coefficient (Wildman–Crippen LogP) is 1.70. The number of rotatable bonds is 8. The van der Waals surface area contributed by atoms with E-state index in [4.69, 9.17) is 15.2 Å². The number of hydrogen-bond acceptors (Lipinski definition) is 3. The average Bonchev–Trinajstić information content (AvgIpc) is 2.16. The summed E-state index contributed by atoms with van der Waals surface area (Å²) in [7, 11) is 0. The number of amides is 1. The van der Waals surface area contributed by atoms with E-state index in [2.05, 4.69) is 6.58 Å². The van der Waals surface area contributed by atoms with Crippen LogP contribution in [0.5, 0.6) is 0 Å². The monoisotopic (exact) mass is 229 g/mol. The standard InChI is InChI=1S/C12H23NO3/c1-8(2)6-15-12(10(5)11(13)14)16-7-9(3)4/h8-9,12H,5-7H2,1-4H3,(H2,13,14). The third-order valence-corrected chi connectivity index (χ3v) is 1.76. The summed E-state index contributed by atoms with van der Waals surface area (Å²) in [6.07, 6.45) is -0.720. The van der Waals surface area contributed by atoms with Gasteiger partial charge in [-0.15, -0.1) is 0 Å². The van der Waals surface area contributed by atoms with Gasteiger partial charge in [-0.1, -0.05) is 34.3 Å². The number of primary amides is 1. The second-order valence-corrected chi connectivity index (χ2v) is 4.68. The molecule has 0 bridgehead atoms. The van der Waals surface area contributed by atoms with Gasteiger partial charge >= 0.3 is 0 Å². The summed E-state index contributed by atoms with van der Waals surface area (Å²) in [6.45, 7) is 12.7. The molecule has 4 nitrogen and oxygen atoms in total. The zero-order valence-corrected chi connectivity index (χ0v) is 10.7. The van der Waals surface area contributed by atoms with Gasteiger partial charge in [0.25, 0.3) is 0 Å². The Kier molecular flexibility index (Phi) is 7.01. The van der Waals surface area contributed by atoms with Crippen LogP contribution in [0.1, 0.15) is 27.7 Å². The quantitative estimate of drug-likeness (QED) is 0.509. The molecule has 0 heterocycles. The minimum atomic E-state index is -0.720. The van der Waals surface area contributed by atoms with Crippen molar-refractivity contribution in [1.82, 2.24) is 0 Å². The zero-order chi connectivity index (χ0) is 12.7. The maximum atomic E-state index is 11.0. The van der Waals surface area contributed by atoms with E-state index >= 15 is 0 Å². The molecule has 0 aliphatic heterocycles. The van der Waals surface area contributed by atoms with Crippen LogP contribution in [-0.2, 0) is 14.3 Å². The highest BCUT2D eigenvalue weighted by Gasteiger charge is 2.19. The maximum Gasteiger partial charge on any atom is 0.249 e. The largest absolute Gasteiger partial charge is 0.366 e. The van der Waals surface area contributed by atoms with Crippen LogP contribution in [0.3, 0.4) is 0 Å². The van der Waals surface area contributed by atoms with Gasteiger partial charge in [0.05, 0.1) is 18.8 Å². The molecule has 0 unspecified atom stereocenters. The molecule has 2 N–H and O–H groups in total. The highest BCUT2D eigenvalue weighted by Crippen LogP contribution is 2.10. The van der Waals surface area contributed by atoms with Crippen LogP contribution < -0.4 is 5.73 Å². The molecular weight excluding hydrogens is 206 g/mol. The molecule has 0 radical (unpaired) electrons. The second-order valence-electron chi connectivity index (χ2n) is 4.68. The van der Waals surface area contributed by atoms with Crippen molar-refractivity contribution in [3.63, 3.8) is 0 Å². The zero-order valence-electron chi connectivity index (χ0n) is 10.7. The van der Waals surface area contributed by atoms with Crippen molar-refractivity contribution in [2.45, 2.75) is 34.0 Å². The van der Waals surface area contributed by atoms with E-state index in [-0.39, 0.29) is 5.57 Å². The van der Waals surface area contributed by atoms with Crippen LogP contribution in [0, 0.1) is 11.8 Å². The Balaban J connectivity index is 4.26. The molecular formula is C12H23NO3. The predicted molar refractivity (Wildman–Crippen MR) is 63.7 cm³/mol. The van der Waals surface area contributed by atoms with Gasteiger partial charge in [-0.2, -0.15) is 0 Å². The van der Waals surface area contributed by atoms with Gasteiger partial charge < -0.3 is 15.2 Å². The molecule has 0 aliphatic rings. The maximum absolute atomic E-state index is 11.0. The Morgan fingerprint density at radius 3 is 1.75 bits per heavy atom. The lowest BCUT2D eigenvalue weighted by molar-refractivity contribution is -0.140. The molecule has 0 aromatic rings. The third kappa shape index (κ3) is 6.58. The molecule has 0 spiro atoms. The average molecular weight is 229 g/mol. The van der Waals surface area contributed by atoms with Crippen molar-refractivity contribution in [2.24, 2.45) is 17.6 Å². The SMILES string of the molecule is C=C(C(N)=O)C(OCC(C)C)OCC(C)C.